The minimum atomic E-state index is -3.43. The molecule has 1 aliphatic rings. The van der Waals surface area contributed by atoms with E-state index >= 15 is 0 Å². The summed E-state index contributed by atoms with van der Waals surface area (Å²) in [6.07, 6.45) is 4.00. The SMILES string of the molecule is CCCOc1ncccc1CNC(=NC)N1CCN(S(=O)(=O)Cc2ccon2)CC1. The highest BCUT2D eigenvalue weighted by molar-refractivity contribution is 7.88. The van der Waals surface area contributed by atoms with Crippen LogP contribution in [0, 0.1) is 0 Å². The standard InChI is InChI=1S/C19H28N6O4S/c1-3-12-28-18-16(5-4-7-21-18)14-22-19(20-2)24-8-10-25(11-9-24)30(26,27)15-17-6-13-29-23-17/h4-7,13H,3,8-12,14-15H2,1-2H3,(H,20,22). The monoisotopic (exact) mass is 436 g/mol. The van der Waals surface area contributed by atoms with Gasteiger partial charge in [0.1, 0.15) is 12.0 Å². The van der Waals surface area contributed by atoms with Gasteiger partial charge in [-0.3, -0.25) is 4.99 Å². The van der Waals surface area contributed by atoms with Gasteiger partial charge in [-0.15, -0.1) is 0 Å². The van der Waals surface area contributed by atoms with Gasteiger partial charge >= 0.3 is 0 Å². The van der Waals surface area contributed by atoms with Gasteiger partial charge in [-0.25, -0.2) is 13.4 Å². The van der Waals surface area contributed by atoms with E-state index < -0.39 is 10.0 Å². The number of rotatable bonds is 8. The van der Waals surface area contributed by atoms with Crippen LogP contribution in [0.4, 0.5) is 0 Å². The summed E-state index contributed by atoms with van der Waals surface area (Å²) < 4.78 is 37.1. The molecule has 0 spiro atoms. The zero-order chi connectivity index (χ0) is 21.4. The number of sulfonamides is 1. The molecule has 3 heterocycles. The highest BCUT2D eigenvalue weighted by atomic mass is 32.2. The van der Waals surface area contributed by atoms with Crippen LogP contribution < -0.4 is 10.1 Å². The summed E-state index contributed by atoms with van der Waals surface area (Å²) in [6, 6.07) is 5.40. The minimum absolute atomic E-state index is 0.155. The van der Waals surface area contributed by atoms with E-state index in [1.54, 1.807) is 19.3 Å². The topological polar surface area (TPSA) is 113 Å². The van der Waals surface area contributed by atoms with Crippen LogP contribution in [-0.2, 0) is 22.3 Å². The first kappa shape index (κ1) is 22.0. The molecule has 3 rings (SSSR count). The summed E-state index contributed by atoms with van der Waals surface area (Å²) in [7, 11) is -1.72. The number of pyridine rings is 1. The smallest absolute Gasteiger partial charge is 0.220 e. The summed E-state index contributed by atoms with van der Waals surface area (Å²) >= 11 is 0. The number of guanidine groups is 1. The van der Waals surface area contributed by atoms with E-state index in [0.29, 0.717) is 56.9 Å². The van der Waals surface area contributed by atoms with Crippen LogP contribution >= 0.6 is 0 Å². The van der Waals surface area contributed by atoms with Gasteiger partial charge in [0.15, 0.2) is 5.96 Å². The molecule has 1 saturated heterocycles. The van der Waals surface area contributed by atoms with Gasteiger partial charge in [-0.05, 0) is 12.5 Å². The Morgan fingerprint density at radius 2 is 2.10 bits per heavy atom. The van der Waals surface area contributed by atoms with Crippen molar-refractivity contribution in [2.24, 2.45) is 4.99 Å². The van der Waals surface area contributed by atoms with E-state index in [9.17, 15) is 8.42 Å². The normalized spacial score (nSPS) is 15.9. The summed E-state index contributed by atoms with van der Waals surface area (Å²) in [5.74, 6) is 1.18. The fourth-order valence-electron chi connectivity index (χ4n) is 3.16. The molecular formula is C19H28N6O4S. The molecule has 0 aromatic carbocycles. The van der Waals surface area contributed by atoms with E-state index in [0.717, 1.165) is 12.0 Å². The fraction of sp³-hybridized carbons (Fsp3) is 0.526. The van der Waals surface area contributed by atoms with Gasteiger partial charge in [-0.1, -0.05) is 18.1 Å². The van der Waals surface area contributed by atoms with Crippen molar-refractivity contribution in [1.82, 2.24) is 24.7 Å². The minimum Gasteiger partial charge on any atom is -0.477 e. The van der Waals surface area contributed by atoms with Gasteiger partial charge in [-0.2, -0.15) is 4.31 Å². The second-order valence-electron chi connectivity index (χ2n) is 6.85. The molecule has 11 heteroatoms. The number of aliphatic imine (C=N–C) groups is 1. The highest BCUT2D eigenvalue weighted by Gasteiger charge is 2.29. The van der Waals surface area contributed by atoms with Crippen LogP contribution in [0.15, 0.2) is 40.2 Å². The summed E-state index contributed by atoms with van der Waals surface area (Å²) in [5, 5.41) is 7.02. The van der Waals surface area contributed by atoms with Crippen molar-refractivity contribution < 1.29 is 17.7 Å². The molecule has 10 nitrogen and oxygen atoms in total. The number of hydrogen-bond acceptors (Lipinski definition) is 7. The largest absolute Gasteiger partial charge is 0.477 e. The molecule has 1 N–H and O–H groups in total. The van der Waals surface area contributed by atoms with Crippen LogP contribution in [-0.4, -0.2) is 73.6 Å². The zero-order valence-electron chi connectivity index (χ0n) is 17.3. The molecule has 0 radical (unpaired) electrons. The average molecular weight is 437 g/mol. The molecule has 1 aliphatic heterocycles. The molecule has 0 amide bonds. The number of hydrogen-bond donors (Lipinski definition) is 1. The molecule has 1 fully saturated rings. The van der Waals surface area contributed by atoms with E-state index in [2.05, 4.69) is 20.4 Å². The Balaban J connectivity index is 1.54. The van der Waals surface area contributed by atoms with Gasteiger partial charge in [0, 0.05) is 57.6 Å². The van der Waals surface area contributed by atoms with E-state index in [1.165, 1.54) is 10.6 Å². The van der Waals surface area contributed by atoms with Crippen molar-refractivity contribution in [3.63, 3.8) is 0 Å². The Kier molecular flexibility index (Phi) is 7.63. The van der Waals surface area contributed by atoms with E-state index in [-0.39, 0.29) is 5.75 Å². The maximum absolute atomic E-state index is 12.6. The first-order valence-electron chi connectivity index (χ1n) is 9.93. The Bertz CT molecular complexity index is 924. The van der Waals surface area contributed by atoms with Crippen molar-refractivity contribution in [3.05, 3.63) is 41.9 Å². The lowest BCUT2D eigenvalue weighted by atomic mass is 10.2. The van der Waals surface area contributed by atoms with Gasteiger partial charge in [0.25, 0.3) is 0 Å². The number of nitrogens with zero attached hydrogens (tertiary/aromatic N) is 5. The zero-order valence-corrected chi connectivity index (χ0v) is 18.1. The van der Waals surface area contributed by atoms with Crippen LogP contribution in [0.25, 0.3) is 0 Å². The van der Waals surface area contributed by atoms with Gasteiger partial charge in [0.05, 0.1) is 12.3 Å². The summed E-state index contributed by atoms with van der Waals surface area (Å²) in [5.41, 5.74) is 1.35. The first-order chi connectivity index (χ1) is 14.5. The summed E-state index contributed by atoms with van der Waals surface area (Å²) in [6.45, 7) is 5.05. The van der Waals surface area contributed by atoms with Crippen LogP contribution in [0.2, 0.25) is 0 Å². The molecule has 0 atom stereocenters. The maximum Gasteiger partial charge on any atom is 0.220 e. The van der Waals surface area contributed by atoms with Crippen molar-refractivity contribution in [3.8, 4) is 5.88 Å². The Morgan fingerprint density at radius 1 is 1.30 bits per heavy atom. The van der Waals surface area contributed by atoms with Crippen LogP contribution in [0.1, 0.15) is 24.6 Å². The fourth-order valence-corrected chi connectivity index (χ4v) is 4.59. The third kappa shape index (κ3) is 5.70. The van der Waals surface area contributed by atoms with Crippen molar-refractivity contribution in [2.75, 3.05) is 39.8 Å². The number of ether oxygens (including phenoxy) is 1. The molecule has 2 aromatic heterocycles. The molecule has 2 aromatic rings. The number of aromatic nitrogens is 2. The molecule has 0 saturated carbocycles. The second-order valence-corrected chi connectivity index (χ2v) is 8.82. The summed E-state index contributed by atoms with van der Waals surface area (Å²) in [4.78, 5) is 10.7. The third-order valence-electron chi connectivity index (χ3n) is 4.69. The average Bonchev–Trinajstić information content (AvgIpc) is 3.26. The first-order valence-corrected chi connectivity index (χ1v) is 11.5. The molecule has 164 valence electrons. The van der Waals surface area contributed by atoms with Crippen LogP contribution in [0.5, 0.6) is 5.88 Å². The molecule has 0 unspecified atom stereocenters. The predicted octanol–water partition coefficient (Wildman–Crippen LogP) is 1.08. The third-order valence-corrected chi connectivity index (χ3v) is 6.51. The number of piperazine rings is 1. The predicted molar refractivity (Wildman–Crippen MR) is 112 cm³/mol. The quantitative estimate of drug-likeness (QED) is 0.483. The lowest BCUT2D eigenvalue weighted by Crippen LogP contribution is -2.53. The second kappa shape index (κ2) is 10.4. The molecular weight excluding hydrogens is 408 g/mol. The van der Waals surface area contributed by atoms with E-state index in [1.807, 2.05) is 24.0 Å². The lowest BCUT2D eigenvalue weighted by Gasteiger charge is -2.35. The Hall–Kier alpha value is -2.66. The van der Waals surface area contributed by atoms with Crippen LogP contribution in [0.3, 0.4) is 0 Å². The van der Waals surface area contributed by atoms with E-state index in [4.69, 9.17) is 9.26 Å². The molecule has 0 bridgehead atoms. The van der Waals surface area contributed by atoms with Gasteiger partial charge in [0.2, 0.25) is 15.9 Å². The Morgan fingerprint density at radius 3 is 2.77 bits per heavy atom. The molecule has 30 heavy (non-hydrogen) atoms. The Labute approximate surface area is 177 Å². The molecule has 0 aliphatic carbocycles. The van der Waals surface area contributed by atoms with Crippen molar-refractivity contribution in [1.29, 1.82) is 0 Å². The number of nitrogens with one attached hydrogen (secondary N) is 1. The highest BCUT2D eigenvalue weighted by Crippen LogP contribution is 2.15. The lowest BCUT2D eigenvalue weighted by molar-refractivity contribution is 0.259. The maximum atomic E-state index is 12.6. The van der Waals surface area contributed by atoms with Crippen molar-refractivity contribution in [2.45, 2.75) is 25.6 Å². The van der Waals surface area contributed by atoms with Crippen molar-refractivity contribution >= 4 is 16.0 Å². The van der Waals surface area contributed by atoms with Gasteiger partial charge < -0.3 is 19.5 Å².